The Balaban J connectivity index is 1.65. The zero-order valence-electron chi connectivity index (χ0n) is 14.3. The molecule has 6 nitrogen and oxygen atoms in total. The highest BCUT2D eigenvalue weighted by Crippen LogP contribution is 2.32. The summed E-state index contributed by atoms with van der Waals surface area (Å²) >= 11 is 6.74. The molecule has 27 heavy (non-hydrogen) atoms. The lowest BCUT2D eigenvalue weighted by Crippen LogP contribution is -2.33. The number of carbonyl (C=O) groups excluding carboxylic acids is 3. The maximum atomic E-state index is 12.5. The molecule has 1 saturated heterocycles. The van der Waals surface area contributed by atoms with Crippen LogP contribution in [0.3, 0.4) is 0 Å². The van der Waals surface area contributed by atoms with Crippen molar-refractivity contribution in [3.05, 3.63) is 69.6 Å². The topological polar surface area (TPSA) is 75.7 Å². The molecule has 0 saturated carbocycles. The summed E-state index contributed by atoms with van der Waals surface area (Å²) in [5, 5.41) is 3.25. The number of thioether (sulfide) groups is 1. The van der Waals surface area contributed by atoms with E-state index < -0.39 is 5.97 Å². The molecular weight excluding hydrogens is 388 g/mol. The quantitative estimate of drug-likeness (QED) is 0.595. The minimum Gasteiger partial charge on any atom is -0.465 e. The van der Waals surface area contributed by atoms with Crippen molar-refractivity contribution in [2.24, 2.45) is 0 Å². The molecule has 0 bridgehead atoms. The summed E-state index contributed by atoms with van der Waals surface area (Å²) < 4.78 is 4.64. The molecule has 138 valence electrons. The lowest BCUT2D eigenvalue weighted by molar-refractivity contribution is -0.122. The molecule has 0 spiro atoms. The summed E-state index contributed by atoms with van der Waals surface area (Å²) in [6.07, 6.45) is 1.66. The first-order chi connectivity index (χ1) is 13.0. The first kappa shape index (κ1) is 19.0. The van der Waals surface area contributed by atoms with Gasteiger partial charge in [-0.2, -0.15) is 0 Å². The van der Waals surface area contributed by atoms with E-state index in [-0.39, 0.29) is 17.8 Å². The Morgan fingerprint density at radius 1 is 1.15 bits per heavy atom. The van der Waals surface area contributed by atoms with Crippen LogP contribution >= 0.6 is 23.4 Å². The van der Waals surface area contributed by atoms with Gasteiger partial charge in [-0.15, -0.1) is 0 Å². The molecule has 1 aliphatic heterocycles. The average Bonchev–Trinajstić information content (AvgIpc) is 2.94. The molecule has 0 unspecified atom stereocenters. The van der Waals surface area contributed by atoms with Crippen molar-refractivity contribution in [1.29, 1.82) is 0 Å². The Bertz CT molecular complexity index is 910. The molecule has 1 aliphatic rings. The standard InChI is InChI=1S/C19H15ClN2O4S/c1-26-18(24)13-4-8-15(9-5-13)21-11-22-17(23)16(27-19(22)25)10-12-2-6-14(20)7-3-12/h2-10,21H,11H2,1H3. The van der Waals surface area contributed by atoms with Crippen LogP contribution in [-0.2, 0) is 9.53 Å². The van der Waals surface area contributed by atoms with E-state index in [1.165, 1.54) is 7.11 Å². The Morgan fingerprint density at radius 3 is 2.44 bits per heavy atom. The molecule has 3 rings (SSSR count). The van der Waals surface area contributed by atoms with Crippen LogP contribution in [-0.4, -0.2) is 35.8 Å². The van der Waals surface area contributed by atoms with Crippen molar-refractivity contribution in [3.63, 3.8) is 0 Å². The van der Waals surface area contributed by atoms with E-state index in [2.05, 4.69) is 10.1 Å². The molecular formula is C19H15ClN2O4S. The van der Waals surface area contributed by atoms with Crippen molar-refractivity contribution in [1.82, 2.24) is 4.90 Å². The third kappa shape index (κ3) is 4.50. The van der Waals surface area contributed by atoms with Crippen LogP contribution in [0.1, 0.15) is 15.9 Å². The number of anilines is 1. The van der Waals surface area contributed by atoms with Gasteiger partial charge in [0.1, 0.15) is 0 Å². The lowest BCUT2D eigenvalue weighted by atomic mass is 10.2. The summed E-state index contributed by atoms with van der Waals surface area (Å²) in [5.41, 5.74) is 1.87. The Morgan fingerprint density at radius 2 is 1.81 bits per heavy atom. The first-order valence-electron chi connectivity index (χ1n) is 7.91. The molecule has 0 aromatic heterocycles. The van der Waals surface area contributed by atoms with Crippen LogP contribution in [0.5, 0.6) is 0 Å². The number of hydrogen-bond donors (Lipinski definition) is 1. The van der Waals surface area contributed by atoms with Crippen LogP contribution in [0.2, 0.25) is 5.02 Å². The number of esters is 1. The molecule has 2 aromatic rings. The number of rotatable bonds is 5. The van der Waals surface area contributed by atoms with Gasteiger partial charge >= 0.3 is 5.97 Å². The van der Waals surface area contributed by atoms with Crippen molar-refractivity contribution in [2.45, 2.75) is 0 Å². The monoisotopic (exact) mass is 402 g/mol. The van der Waals surface area contributed by atoms with Gasteiger partial charge in [-0.1, -0.05) is 23.7 Å². The number of ether oxygens (including phenoxy) is 1. The van der Waals surface area contributed by atoms with Gasteiger partial charge in [-0.25, -0.2) is 4.79 Å². The summed E-state index contributed by atoms with van der Waals surface area (Å²) in [6, 6.07) is 13.5. The molecule has 1 N–H and O–H groups in total. The van der Waals surface area contributed by atoms with E-state index in [0.717, 1.165) is 22.2 Å². The largest absolute Gasteiger partial charge is 0.465 e. The zero-order valence-corrected chi connectivity index (χ0v) is 15.8. The number of nitrogens with zero attached hydrogens (tertiary/aromatic N) is 1. The molecule has 0 aliphatic carbocycles. The second-order valence-corrected chi connectivity index (χ2v) is 6.99. The van der Waals surface area contributed by atoms with Crippen molar-refractivity contribution >= 4 is 52.2 Å². The maximum Gasteiger partial charge on any atom is 0.337 e. The number of hydrogen-bond acceptors (Lipinski definition) is 6. The summed E-state index contributed by atoms with van der Waals surface area (Å²) in [4.78, 5) is 37.5. The lowest BCUT2D eigenvalue weighted by Gasteiger charge is -2.14. The van der Waals surface area contributed by atoms with Crippen LogP contribution in [0.15, 0.2) is 53.4 Å². The Hall–Kier alpha value is -2.77. The normalized spacial score (nSPS) is 15.3. The fraction of sp³-hybridized carbons (Fsp3) is 0.105. The number of methoxy groups -OCH3 is 1. The number of imide groups is 1. The number of nitrogens with one attached hydrogen (secondary N) is 1. The minimum absolute atomic E-state index is 0.0280. The third-order valence-corrected chi connectivity index (χ3v) is 4.95. The highest BCUT2D eigenvalue weighted by atomic mass is 35.5. The molecule has 0 radical (unpaired) electrons. The molecule has 1 heterocycles. The van der Waals surface area contributed by atoms with Crippen molar-refractivity contribution in [3.8, 4) is 0 Å². The van der Waals surface area contributed by atoms with E-state index >= 15 is 0 Å². The van der Waals surface area contributed by atoms with Gasteiger partial charge in [0.15, 0.2) is 0 Å². The smallest absolute Gasteiger partial charge is 0.337 e. The molecule has 1 fully saturated rings. The second kappa shape index (κ2) is 8.28. The fourth-order valence-corrected chi connectivity index (χ4v) is 3.32. The molecule has 8 heteroatoms. The Labute approximate surface area is 165 Å². The summed E-state index contributed by atoms with van der Waals surface area (Å²) in [7, 11) is 1.31. The van der Waals surface area contributed by atoms with Crippen molar-refractivity contribution in [2.75, 3.05) is 19.1 Å². The highest BCUT2D eigenvalue weighted by molar-refractivity contribution is 8.18. The van der Waals surface area contributed by atoms with Crippen LogP contribution < -0.4 is 5.32 Å². The molecule has 0 atom stereocenters. The second-order valence-electron chi connectivity index (χ2n) is 5.57. The summed E-state index contributed by atoms with van der Waals surface area (Å²) in [5.74, 6) is -0.793. The predicted molar refractivity (Wildman–Crippen MR) is 106 cm³/mol. The van der Waals surface area contributed by atoms with E-state index in [1.54, 1.807) is 54.6 Å². The van der Waals surface area contributed by atoms with Gasteiger partial charge < -0.3 is 10.1 Å². The SMILES string of the molecule is COC(=O)c1ccc(NCN2C(=O)SC(=Cc3ccc(Cl)cc3)C2=O)cc1. The van der Waals surface area contributed by atoms with E-state index in [9.17, 15) is 14.4 Å². The summed E-state index contributed by atoms with van der Waals surface area (Å²) in [6.45, 7) is 0.0280. The predicted octanol–water partition coefficient (Wildman–Crippen LogP) is 4.23. The molecule has 2 aromatic carbocycles. The van der Waals surface area contributed by atoms with Crippen LogP contribution in [0.4, 0.5) is 10.5 Å². The molecule has 2 amide bonds. The van der Waals surface area contributed by atoms with Gasteiger partial charge in [0.2, 0.25) is 0 Å². The van der Waals surface area contributed by atoms with E-state index in [4.69, 9.17) is 11.6 Å². The number of halogens is 1. The van der Waals surface area contributed by atoms with Crippen LogP contribution in [0, 0.1) is 0 Å². The van der Waals surface area contributed by atoms with Gasteiger partial charge in [0, 0.05) is 10.7 Å². The highest BCUT2D eigenvalue weighted by Gasteiger charge is 2.34. The van der Waals surface area contributed by atoms with Gasteiger partial charge in [0.25, 0.3) is 11.1 Å². The van der Waals surface area contributed by atoms with Crippen LogP contribution in [0.25, 0.3) is 6.08 Å². The first-order valence-corrected chi connectivity index (χ1v) is 9.10. The number of benzene rings is 2. The number of carbonyl (C=O) groups is 3. The van der Waals surface area contributed by atoms with E-state index in [0.29, 0.717) is 21.2 Å². The number of amides is 2. The average molecular weight is 403 g/mol. The van der Waals surface area contributed by atoms with Gasteiger partial charge in [-0.05, 0) is 59.8 Å². The zero-order chi connectivity index (χ0) is 19.4. The fourth-order valence-electron chi connectivity index (χ4n) is 2.36. The minimum atomic E-state index is -0.431. The van der Waals surface area contributed by atoms with Gasteiger partial charge in [0.05, 0.1) is 24.2 Å². The Kier molecular flexibility index (Phi) is 5.83. The third-order valence-electron chi connectivity index (χ3n) is 3.79. The van der Waals surface area contributed by atoms with Crippen molar-refractivity contribution < 1.29 is 19.1 Å². The van der Waals surface area contributed by atoms with E-state index in [1.807, 2.05) is 0 Å². The maximum absolute atomic E-state index is 12.5. The van der Waals surface area contributed by atoms with Gasteiger partial charge in [-0.3, -0.25) is 14.5 Å².